The van der Waals surface area contributed by atoms with Gasteiger partial charge in [-0.2, -0.15) is 8.42 Å². The van der Waals surface area contributed by atoms with E-state index in [0.29, 0.717) is 0 Å². The lowest BCUT2D eigenvalue weighted by Crippen LogP contribution is -2.27. The highest BCUT2D eigenvalue weighted by atomic mass is 35.5. The van der Waals surface area contributed by atoms with Crippen molar-refractivity contribution in [1.29, 1.82) is 0 Å². The number of hydrogen-bond donors (Lipinski definition) is 0. The van der Waals surface area contributed by atoms with Crippen molar-refractivity contribution in [3.05, 3.63) is 29.8 Å². The third-order valence-corrected chi connectivity index (χ3v) is 4.09. The second-order valence-electron chi connectivity index (χ2n) is 6.37. The average Bonchev–Trinajstić information content (AvgIpc) is 2.42. The third-order valence-electron chi connectivity index (χ3n) is 3.07. The minimum Gasteiger partial charge on any atom is -0.319 e. The van der Waals surface area contributed by atoms with Crippen LogP contribution in [0.5, 0.6) is 5.75 Å². The van der Waals surface area contributed by atoms with Crippen molar-refractivity contribution in [2.75, 3.05) is 5.88 Å². The van der Waals surface area contributed by atoms with E-state index in [-0.39, 0.29) is 23.0 Å². The van der Waals surface area contributed by atoms with E-state index in [4.69, 9.17) is 20.7 Å². The number of alkyl halides is 1. The highest BCUT2D eigenvalue weighted by Crippen LogP contribution is 2.24. The summed E-state index contributed by atoms with van der Waals surface area (Å²) in [5.41, 5.74) is 1.10. The Bertz CT molecular complexity index is 561. The van der Waals surface area contributed by atoms with E-state index in [2.05, 4.69) is 25.1 Å². The van der Waals surface area contributed by atoms with Crippen molar-refractivity contribution < 1.29 is 21.8 Å². The summed E-state index contributed by atoms with van der Waals surface area (Å²) in [6, 6.07) is 6.97. The summed E-state index contributed by atoms with van der Waals surface area (Å²) in [6.07, 6.45) is -0.668. The quantitative estimate of drug-likeness (QED) is 0.425. The highest BCUT2D eigenvalue weighted by Gasteiger charge is 2.24. The van der Waals surface area contributed by atoms with Crippen LogP contribution in [0.1, 0.15) is 40.2 Å². The Morgan fingerprint density at radius 3 is 2.09 bits per heavy atom. The molecule has 0 bridgehead atoms. The van der Waals surface area contributed by atoms with Crippen molar-refractivity contribution in [3.63, 3.8) is 0 Å². The van der Waals surface area contributed by atoms with E-state index < -0.39 is 16.5 Å². The fourth-order valence-electron chi connectivity index (χ4n) is 1.57. The van der Waals surface area contributed by atoms with Crippen molar-refractivity contribution in [2.24, 2.45) is 5.92 Å². The largest absolute Gasteiger partial charge is 0.435 e. The van der Waals surface area contributed by atoms with Gasteiger partial charge in [-0.25, -0.2) is 4.18 Å². The summed E-state index contributed by atoms with van der Waals surface area (Å²) >= 11 is 5.66. The molecular formula is C15H23ClO5S. The van der Waals surface area contributed by atoms with Crippen molar-refractivity contribution in [2.45, 2.75) is 46.1 Å². The molecule has 0 saturated carbocycles. The number of benzene rings is 1. The molecule has 0 amide bonds. The van der Waals surface area contributed by atoms with Crippen molar-refractivity contribution in [3.8, 4) is 5.75 Å². The number of rotatable bonds is 7. The van der Waals surface area contributed by atoms with Crippen LogP contribution in [-0.2, 0) is 24.3 Å². The van der Waals surface area contributed by atoms with E-state index in [1.54, 1.807) is 26.0 Å². The third kappa shape index (κ3) is 6.12. The van der Waals surface area contributed by atoms with E-state index in [1.165, 1.54) is 0 Å². The molecule has 0 aromatic heterocycles. The molecule has 1 unspecified atom stereocenters. The Morgan fingerprint density at radius 2 is 1.68 bits per heavy atom. The first kappa shape index (κ1) is 19.2. The molecule has 126 valence electrons. The Balaban J connectivity index is 2.65. The predicted octanol–water partition coefficient (Wildman–Crippen LogP) is 3.82. The zero-order valence-corrected chi connectivity index (χ0v) is 15.1. The van der Waals surface area contributed by atoms with Gasteiger partial charge in [0, 0.05) is 0 Å². The van der Waals surface area contributed by atoms with Gasteiger partial charge < -0.3 is 4.89 Å². The average molecular weight is 351 g/mol. The maximum atomic E-state index is 11.7. The van der Waals surface area contributed by atoms with Crippen LogP contribution in [0.2, 0.25) is 0 Å². The van der Waals surface area contributed by atoms with Crippen molar-refractivity contribution in [1.82, 2.24) is 0 Å². The maximum absolute atomic E-state index is 11.7. The standard InChI is InChI=1S/C15H23ClO5S/c1-11(2)14(10-16)20-22(17,18)21-19-13-8-6-12(7-9-13)15(3,4)5/h6-9,11,14H,10H2,1-5H3. The maximum Gasteiger partial charge on any atom is 0.435 e. The van der Waals surface area contributed by atoms with E-state index in [1.807, 2.05) is 12.1 Å². The molecule has 0 N–H and O–H groups in total. The molecule has 0 spiro atoms. The van der Waals surface area contributed by atoms with Crippen LogP contribution in [-0.4, -0.2) is 20.4 Å². The zero-order chi connectivity index (χ0) is 17.0. The van der Waals surface area contributed by atoms with Gasteiger partial charge in [0.05, 0.1) is 12.0 Å². The van der Waals surface area contributed by atoms with Crippen LogP contribution in [0.3, 0.4) is 0 Å². The van der Waals surface area contributed by atoms with Gasteiger partial charge in [0.1, 0.15) is 0 Å². The lowest BCUT2D eigenvalue weighted by molar-refractivity contribution is -0.110. The second-order valence-corrected chi connectivity index (χ2v) is 7.82. The smallest absolute Gasteiger partial charge is 0.319 e. The highest BCUT2D eigenvalue weighted by molar-refractivity contribution is 7.81. The predicted molar refractivity (Wildman–Crippen MR) is 86.2 cm³/mol. The van der Waals surface area contributed by atoms with Gasteiger partial charge in [-0.15, -0.1) is 11.6 Å². The zero-order valence-electron chi connectivity index (χ0n) is 13.5. The van der Waals surface area contributed by atoms with Crippen LogP contribution in [0.4, 0.5) is 0 Å². The summed E-state index contributed by atoms with van der Waals surface area (Å²) in [7, 11) is -4.28. The molecule has 7 heteroatoms. The molecule has 1 atom stereocenters. The molecular weight excluding hydrogens is 328 g/mol. The molecule has 0 aliphatic carbocycles. The summed E-state index contributed by atoms with van der Waals surface area (Å²) in [4.78, 5) is 4.81. The molecule has 1 aromatic rings. The lowest BCUT2D eigenvalue weighted by atomic mass is 9.87. The monoisotopic (exact) mass is 350 g/mol. The van der Waals surface area contributed by atoms with Crippen LogP contribution in [0.25, 0.3) is 0 Å². The minimum atomic E-state index is -4.28. The molecule has 0 saturated heterocycles. The SMILES string of the molecule is CC(C)C(CCl)OS(=O)(=O)OOc1ccc(C(C)(C)C)cc1. The Labute approximate surface area is 137 Å². The molecule has 1 aromatic carbocycles. The van der Waals surface area contributed by atoms with Gasteiger partial charge in [0.15, 0.2) is 5.75 Å². The Hall–Kier alpha value is -0.820. The van der Waals surface area contributed by atoms with Crippen LogP contribution < -0.4 is 4.89 Å². The molecule has 0 aliphatic rings. The fraction of sp³-hybridized carbons (Fsp3) is 0.600. The van der Waals surface area contributed by atoms with Crippen molar-refractivity contribution >= 4 is 22.0 Å². The summed E-state index contributed by atoms with van der Waals surface area (Å²) in [6.45, 7) is 9.84. The van der Waals surface area contributed by atoms with E-state index in [0.717, 1.165) is 5.56 Å². The van der Waals surface area contributed by atoms with Gasteiger partial charge >= 0.3 is 10.4 Å². The molecule has 0 radical (unpaired) electrons. The number of hydrogen-bond acceptors (Lipinski definition) is 5. The minimum absolute atomic E-state index is 0.000587. The van der Waals surface area contributed by atoms with Gasteiger partial charge in [-0.3, -0.25) is 0 Å². The van der Waals surface area contributed by atoms with Gasteiger partial charge in [-0.05, 0) is 33.4 Å². The summed E-state index contributed by atoms with van der Waals surface area (Å²) in [5.74, 6) is 0.245. The van der Waals surface area contributed by atoms with E-state index in [9.17, 15) is 8.42 Å². The van der Waals surface area contributed by atoms with Crippen LogP contribution in [0.15, 0.2) is 24.3 Å². The Kier molecular flexibility index (Phi) is 6.67. The topological polar surface area (TPSA) is 61.8 Å². The summed E-state index contributed by atoms with van der Waals surface area (Å²) < 4.78 is 32.6. The first-order chi connectivity index (χ1) is 10.0. The Morgan fingerprint density at radius 1 is 1.14 bits per heavy atom. The van der Waals surface area contributed by atoms with Gasteiger partial charge in [0.25, 0.3) is 0 Å². The summed E-state index contributed by atoms with van der Waals surface area (Å²) in [5, 5.41) is 0. The molecule has 0 heterocycles. The molecule has 0 aliphatic heterocycles. The molecule has 5 nitrogen and oxygen atoms in total. The van der Waals surface area contributed by atoms with Crippen LogP contribution in [0, 0.1) is 5.92 Å². The fourth-order valence-corrected chi connectivity index (χ4v) is 2.85. The first-order valence-electron chi connectivity index (χ1n) is 7.01. The lowest BCUT2D eigenvalue weighted by Gasteiger charge is -2.19. The van der Waals surface area contributed by atoms with Gasteiger partial charge in [-0.1, -0.05) is 46.8 Å². The molecule has 0 fully saturated rings. The van der Waals surface area contributed by atoms with Crippen LogP contribution >= 0.6 is 11.6 Å². The molecule has 22 heavy (non-hydrogen) atoms. The first-order valence-corrected chi connectivity index (χ1v) is 8.88. The number of halogens is 1. The molecule has 1 rings (SSSR count). The second kappa shape index (κ2) is 7.64. The van der Waals surface area contributed by atoms with Gasteiger partial charge in [0.2, 0.25) is 0 Å². The van der Waals surface area contributed by atoms with E-state index >= 15 is 0 Å². The normalized spacial score (nSPS) is 14.1.